The number of hydrogen-bond acceptors (Lipinski definition) is 5. The largest absolute Gasteiger partial charge is 0.487 e. The summed E-state index contributed by atoms with van der Waals surface area (Å²) < 4.78 is 72.9. The van der Waals surface area contributed by atoms with Gasteiger partial charge in [-0.3, -0.25) is 0 Å². The van der Waals surface area contributed by atoms with Crippen LogP contribution in [0.4, 0.5) is 26.7 Å². The molecule has 1 N–H and O–H groups in total. The zero-order chi connectivity index (χ0) is 24.9. The number of likely N-dealkylation sites (tertiary alicyclic amines) is 1. The molecular formula is C22H27F5N4O3. The summed E-state index contributed by atoms with van der Waals surface area (Å²) in [5.41, 5.74) is 1.19. The summed E-state index contributed by atoms with van der Waals surface area (Å²) in [6.07, 6.45) is -2.57. The standard InChI is InChI=1S/C22H27F5N4O3/c1-15-28-18(13-33-15)12-31(20(32)29-17-7-9-30(2)10-8-17)11-16-3-5-19(6-4-16)34-14-21(23,24)22(25,26)27/h3-6,13,17H,7-12,14H2,1-2H3,(H,29,32). The molecule has 0 atom stereocenters. The minimum absolute atomic E-state index is 0.0383. The topological polar surface area (TPSA) is 70.8 Å². The molecule has 7 nitrogen and oxygen atoms in total. The molecule has 1 aliphatic heterocycles. The molecule has 34 heavy (non-hydrogen) atoms. The summed E-state index contributed by atoms with van der Waals surface area (Å²) >= 11 is 0. The highest BCUT2D eigenvalue weighted by atomic mass is 19.4. The number of ether oxygens (including phenoxy) is 1. The van der Waals surface area contributed by atoms with Gasteiger partial charge in [-0.1, -0.05) is 12.1 Å². The van der Waals surface area contributed by atoms with Crippen molar-refractivity contribution in [3.05, 3.63) is 47.7 Å². The van der Waals surface area contributed by atoms with Crippen molar-refractivity contribution >= 4 is 6.03 Å². The Kier molecular flexibility index (Phi) is 8.01. The van der Waals surface area contributed by atoms with Gasteiger partial charge in [0.1, 0.15) is 12.0 Å². The maximum atomic E-state index is 13.1. The molecular weight excluding hydrogens is 463 g/mol. The Morgan fingerprint density at radius 1 is 1.18 bits per heavy atom. The first-order chi connectivity index (χ1) is 15.9. The molecule has 0 saturated carbocycles. The van der Waals surface area contributed by atoms with Crippen molar-refractivity contribution < 1.29 is 35.9 Å². The lowest BCUT2D eigenvalue weighted by atomic mass is 10.1. The molecule has 0 bridgehead atoms. The van der Waals surface area contributed by atoms with Crippen molar-refractivity contribution in [2.45, 2.75) is 51.0 Å². The van der Waals surface area contributed by atoms with Crippen LogP contribution < -0.4 is 10.1 Å². The van der Waals surface area contributed by atoms with Gasteiger partial charge in [-0.15, -0.1) is 0 Å². The van der Waals surface area contributed by atoms with Gasteiger partial charge in [0, 0.05) is 19.5 Å². The van der Waals surface area contributed by atoms with Gasteiger partial charge < -0.3 is 24.3 Å². The van der Waals surface area contributed by atoms with E-state index in [1.807, 2.05) is 7.05 Å². The van der Waals surface area contributed by atoms with E-state index in [9.17, 15) is 26.7 Å². The molecule has 1 aromatic heterocycles. The Morgan fingerprint density at radius 3 is 2.38 bits per heavy atom. The van der Waals surface area contributed by atoms with E-state index < -0.39 is 18.7 Å². The predicted molar refractivity (Wildman–Crippen MR) is 112 cm³/mol. The third kappa shape index (κ3) is 7.05. The predicted octanol–water partition coefficient (Wildman–Crippen LogP) is 4.37. The van der Waals surface area contributed by atoms with Crippen LogP contribution >= 0.6 is 0 Å². The fraction of sp³-hybridized carbons (Fsp3) is 0.545. The highest BCUT2D eigenvalue weighted by molar-refractivity contribution is 5.74. The van der Waals surface area contributed by atoms with E-state index >= 15 is 0 Å². The van der Waals surface area contributed by atoms with Crippen LogP contribution in [0.1, 0.15) is 30.0 Å². The van der Waals surface area contributed by atoms with Gasteiger partial charge in [-0.2, -0.15) is 22.0 Å². The number of piperidine rings is 1. The van der Waals surface area contributed by atoms with Crippen molar-refractivity contribution in [1.29, 1.82) is 0 Å². The Bertz CT molecular complexity index is 941. The van der Waals surface area contributed by atoms with Crippen molar-refractivity contribution in [2.75, 3.05) is 26.7 Å². The molecule has 0 spiro atoms. The number of aromatic nitrogens is 1. The Balaban J connectivity index is 1.64. The van der Waals surface area contributed by atoms with E-state index in [0.717, 1.165) is 25.9 Å². The fourth-order valence-corrected chi connectivity index (χ4v) is 3.46. The van der Waals surface area contributed by atoms with Crippen LogP contribution in [0.15, 0.2) is 34.9 Å². The molecule has 188 valence electrons. The second-order valence-corrected chi connectivity index (χ2v) is 8.38. The number of benzene rings is 1. The van der Waals surface area contributed by atoms with Crippen LogP contribution in [0.2, 0.25) is 0 Å². The number of carbonyl (C=O) groups excluding carboxylic acids is 1. The molecule has 0 radical (unpaired) electrons. The van der Waals surface area contributed by atoms with E-state index in [1.165, 1.54) is 35.4 Å². The summed E-state index contributed by atoms with van der Waals surface area (Å²) in [4.78, 5) is 21.0. The first kappa shape index (κ1) is 25.7. The summed E-state index contributed by atoms with van der Waals surface area (Å²) in [7, 11) is 2.02. The maximum Gasteiger partial charge on any atom is 0.456 e. The molecule has 3 rings (SSSR count). The van der Waals surface area contributed by atoms with Gasteiger partial charge in [0.25, 0.3) is 0 Å². The second kappa shape index (κ2) is 10.6. The quantitative estimate of drug-likeness (QED) is 0.557. The number of nitrogens with zero attached hydrogens (tertiary/aromatic N) is 3. The SMILES string of the molecule is Cc1nc(CN(Cc2ccc(OCC(F)(F)C(F)(F)F)cc2)C(=O)NC2CCN(C)CC2)co1. The maximum absolute atomic E-state index is 13.1. The first-order valence-corrected chi connectivity index (χ1v) is 10.7. The average Bonchev–Trinajstić information content (AvgIpc) is 3.18. The zero-order valence-electron chi connectivity index (χ0n) is 18.9. The Hall–Kier alpha value is -2.89. The zero-order valence-corrected chi connectivity index (χ0v) is 18.9. The summed E-state index contributed by atoms with van der Waals surface area (Å²) in [6, 6.07) is 5.33. The van der Waals surface area contributed by atoms with Gasteiger partial charge in [0.05, 0.1) is 12.2 Å². The van der Waals surface area contributed by atoms with Gasteiger partial charge in [0.15, 0.2) is 12.5 Å². The van der Waals surface area contributed by atoms with E-state index in [1.54, 1.807) is 6.92 Å². The van der Waals surface area contributed by atoms with Crippen LogP contribution in [0.25, 0.3) is 0 Å². The number of amides is 2. The number of hydrogen-bond donors (Lipinski definition) is 1. The number of nitrogens with one attached hydrogen (secondary N) is 1. The van der Waals surface area contributed by atoms with E-state index in [4.69, 9.17) is 4.42 Å². The third-order valence-electron chi connectivity index (χ3n) is 5.48. The number of aryl methyl sites for hydroxylation is 1. The monoisotopic (exact) mass is 490 g/mol. The molecule has 2 aromatic rings. The van der Waals surface area contributed by atoms with Crippen molar-refractivity contribution in [2.24, 2.45) is 0 Å². The first-order valence-electron chi connectivity index (χ1n) is 10.7. The van der Waals surface area contributed by atoms with Gasteiger partial charge in [-0.05, 0) is 50.7 Å². The molecule has 1 saturated heterocycles. The number of urea groups is 1. The van der Waals surface area contributed by atoms with Crippen LogP contribution in [-0.4, -0.2) is 65.7 Å². The summed E-state index contributed by atoms with van der Waals surface area (Å²) in [5, 5.41) is 3.04. The summed E-state index contributed by atoms with van der Waals surface area (Å²) in [5.74, 6) is -4.63. The number of oxazole rings is 1. The molecule has 1 aliphatic rings. The second-order valence-electron chi connectivity index (χ2n) is 8.38. The molecule has 12 heteroatoms. The fourth-order valence-electron chi connectivity index (χ4n) is 3.46. The molecule has 1 aromatic carbocycles. The van der Waals surface area contributed by atoms with Crippen LogP contribution in [0.3, 0.4) is 0 Å². The van der Waals surface area contributed by atoms with Crippen molar-refractivity contribution in [1.82, 2.24) is 20.1 Å². The van der Waals surface area contributed by atoms with Gasteiger partial charge in [0.2, 0.25) is 0 Å². The van der Waals surface area contributed by atoms with Gasteiger partial charge in [-0.25, -0.2) is 9.78 Å². The normalized spacial score (nSPS) is 15.9. The number of halogens is 5. The highest BCUT2D eigenvalue weighted by Crippen LogP contribution is 2.35. The van der Waals surface area contributed by atoms with Crippen LogP contribution in [0.5, 0.6) is 5.75 Å². The summed E-state index contributed by atoms with van der Waals surface area (Å²) in [6.45, 7) is 1.96. The minimum Gasteiger partial charge on any atom is -0.487 e. The smallest absolute Gasteiger partial charge is 0.456 e. The minimum atomic E-state index is -5.69. The molecule has 2 amide bonds. The Labute approximate surface area is 193 Å². The third-order valence-corrected chi connectivity index (χ3v) is 5.48. The molecule has 0 unspecified atom stereocenters. The average molecular weight is 490 g/mol. The lowest BCUT2D eigenvalue weighted by molar-refractivity contribution is -0.290. The van der Waals surface area contributed by atoms with Gasteiger partial charge >= 0.3 is 18.1 Å². The number of carbonyl (C=O) groups is 1. The highest BCUT2D eigenvalue weighted by Gasteiger charge is 2.58. The molecule has 2 heterocycles. The van der Waals surface area contributed by atoms with E-state index in [-0.39, 0.29) is 30.9 Å². The number of alkyl halides is 5. The van der Waals surface area contributed by atoms with E-state index in [2.05, 4.69) is 19.9 Å². The van der Waals surface area contributed by atoms with E-state index in [0.29, 0.717) is 17.1 Å². The van der Waals surface area contributed by atoms with Crippen LogP contribution in [0, 0.1) is 6.92 Å². The van der Waals surface area contributed by atoms with Crippen molar-refractivity contribution in [3.63, 3.8) is 0 Å². The molecule has 0 aliphatic carbocycles. The molecule has 1 fully saturated rings. The van der Waals surface area contributed by atoms with Crippen LogP contribution in [-0.2, 0) is 13.1 Å². The lowest BCUT2D eigenvalue weighted by Crippen LogP contribution is -2.48. The lowest BCUT2D eigenvalue weighted by Gasteiger charge is -2.31. The Morgan fingerprint density at radius 2 is 1.82 bits per heavy atom. The number of rotatable bonds is 8. The van der Waals surface area contributed by atoms with Crippen molar-refractivity contribution in [3.8, 4) is 5.75 Å².